The van der Waals surface area contributed by atoms with Crippen LogP contribution < -0.4 is 10.5 Å². The fourth-order valence-corrected chi connectivity index (χ4v) is 5.08. The van der Waals surface area contributed by atoms with E-state index in [1.165, 1.54) is 5.56 Å². The molecule has 0 radical (unpaired) electrons. The average molecular weight is 447 g/mol. The number of hydrogen-bond donors (Lipinski definition) is 1. The molecule has 3 aromatic rings. The third-order valence-electron chi connectivity index (χ3n) is 7.01. The fourth-order valence-electron chi connectivity index (χ4n) is 5.08. The van der Waals surface area contributed by atoms with Gasteiger partial charge in [-0.1, -0.05) is 25.5 Å². The molecule has 0 aliphatic heterocycles. The number of aliphatic hydroxyl groups is 1. The third-order valence-corrected chi connectivity index (χ3v) is 7.01. The second-order valence-electron chi connectivity index (χ2n) is 9.20. The van der Waals surface area contributed by atoms with Gasteiger partial charge in [-0.3, -0.25) is 9.59 Å². The summed E-state index contributed by atoms with van der Waals surface area (Å²) in [5, 5.41) is 10.9. The number of rotatable bonds is 6. The number of benzene rings is 2. The van der Waals surface area contributed by atoms with Crippen molar-refractivity contribution in [2.75, 3.05) is 11.9 Å². The summed E-state index contributed by atoms with van der Waals surface area (Å²) in [5.41, 5.74) is 4.62. The summed E-state index contributed by atoms with van der Waals surface area (Å²) in [4.78, 5) is 27.9. The molecule has 1 aromatic heterocycles. The van der Waals surface area contributed by atoms with Crippen LogP contribution in [0.1, 0.15) is 73.4 Å². The van der Waals surface area contributed by atoms with Crippen LogP contribution in [0.2, 0.25) is 0 Å². The molecule has 1 saturated carbocycles. The van der Waals surface area contributed by atoms with Crippen molar-refractivity contribution in [2.45, 2.75) is 70.9 Å². The zero-order valence-electron chi connectivity index (χ0n) is 19.9. The minimum Gasteiger partial charge on any atom is -0.393 e. The van der Waals surface area contributed by atoms with E-state index in [1.807, 2.05) is 37.3 Å². The number of amides is 1. The predicted molar refractivity (Wildman–Crippen MR) is 134 cm³/mol. The lowest BCUT2D eigenvalue weighted by Crippen LogP contribution is -2.27. The predicted octanol–water partition coefficient (Wildman–Crippen LogP) is 5.27. The average Bonchev–Trinajstić information content (AvgIpc) is 2.83. The topological polar surface area (TPSA) is 62.5 Å². The first-order valence-electron chi connectivity index (χ1n) is 12.2. The van der Waals surface area contributed by atoms with Gasteiger partial charge in [-0.05, 0) is 86.4 Å². The van der Waals surface area contributed by atoms with Gasteiger partial charge in [0.15, 0.2) is 0 Å². The standard InChI is InChI=1S/C28H34N2O3/c1-4-6-19-7-12-22(13-8-19)29(3)28(33)21-11-16-26-25(17-21)24(18-27(32)30(26)5-2)20-9-14-23(31)15-10-20/h7-8,11-13,16-18,20,23,31H,4-6,9-10,14-15H2,1-3H3. The van der Waals surface area contributed by atoms with Crippen LogP contribution in [-0.4, -0.2) is 28.7 Å². The highest BCUT2D eigenvalue weighted by Crippen LogP contribution is 2.36. The van der Waals surface area contributed by atoms with Gasteiger partial charge in [0.05, 0.1) is 11.6 Å². The van der Waals surface area contributed by atoms with Crippen LogP contribution in [0.25, 0.3) is 10.9 Å². The second-order valence-corrected chi connectivity index (χ2v) is 9.20. The van der Waals surface area contributed by atoms with Gasteiger partial charge >= 0.3 is 0 Å². The molecule has 1 aliphatic rings. The maximum absolute atomic E-state index is 13.4. The smallest absolute Gasteiger partial charge is 0.258 e. The van der Waals surface area contributed by atoms with Crippen molar-refractivity contribution in [1.29, 1.82) is 0 Å². The Morgan fingerprint density at radius 2 is 1.73 bits per heavy atom. The van der Waals surface area contributed by atoms with E-state index in [1.54, 1.807) is 22.6 Å². The van der Waals surface area contributed by atoms with Gasteiger partial charge < -0.3 is 14.6 Å². The van der Waals surface area contributed by atoms with Gasteiger partial charge in [0, 0.05) is 36.3 Å². The lowest BCUT2D eigenvalue weighted by molar-refractivity contribution is 0.0993. The molecular formula is C28H34N2O3. The molecule has 0 saturated heterocycles. The van der Waals surface area contributed by atoms with Crippen LogP contribution in [-0.2, 0) is 13.0 Å². The number of carbonyl (C=O) groups is 1. The minimum atomic E-state index is -0.252. The summed E-state index contributed by atoms with van der Waals surface area (Å²) in [6.45, 7) is 4.70. The number of aliphatic hydroxyl groups excluding tert-OH is 1. The summed E-state index contributed by atoms with van der Waals surface area (Å²) in [7, 11) is 1.80. The molecule has 0 bridgehead atoms. The lowest BCUT2D eigenvalue weighted by atomic mass is 9.81. The van der Waals surface area contributed by atoms with Gasteiger partial charge in [0.25, 0.3) is 11.5 Å². The molecule has 174 valence electrons. The molecule has 1 aliphatic carbocycles. The molecule has 33 heavy (non-hydrogen) atoms. The first-order valence-corrected chi connectivity index (χ1v) is 12.2. The van der Waals surface area contributed by atoms with E-state index in [-0.39, 0.29) is 23.5 Å². The Morgan fingerprint density at radius 1 is 1.03 bits per heavy atom. The van der Waals surface area contributed by atoms with Gasteiger partial charge in [-0.2, -0.15) is 0 Å². The van der Waals surface area contributed by atoms with E-state index >= 15 is 0 Å². The summed E-state index contributed by atoms with van der Waals surface area (Å²) < 4.78 is 1.76. The number of aromatic nitrogens is 1. The van der Waals surface area contributed by atoms with E-state index in [2.05, 4.69) is 19.1 Å². The highest BCUT2D eigenvalue weighted by Gasteiger charge is 2.24. The van der Waals surface area contributed by atoms with Crippen molar-refractivity contribution in [3.63, 3.8) is 0 Å². The number of hydrogen-bond acceptors (Lipinski definition) is 3. The molecule has 1 amide bonds. The molecule has 4 rings (SSSR count). The van der Waals surface area contributed by atoms with E-state index in [4.69, 9.17) is 0 Å². The molecule has 5 nitrogen and oxygen atoms in total. The molecular weight excluding hydrogens is 412 g/mol. The molecule has 2 aromatic carbocycles. The minimum absolute atomic E-state index is 0.00511. The number of pyridine rings is 1. The van der Waals surface area contributed by atoms with Crippen LogP contribution in [0.15, 0.2) is 53.3 Å². The number of fused-ring (bicyclic) bond motifs is 1. The number of carbonyl (C=O) groups excluding carboxylic acids is 1. The lowest BCUT2D eigenvalue weighted by Gasteiger charge is -2.27. The maximum Gasteiger partial charge on any atom is 0.258 e. The fraction of sp³-hybridized carbons (Fsp3) is 0.429. The summed E-state index contributed by atoms with van der Waals surface area (Å²) in [5.74, 6) is 0.156. The molecule has 1 fully saturated rings. The summed E-state index contributed by atoms with van der Waals surface area (Å²) in [6.07, 6.45) is 5.08. The van der Waals surface area contributed by atoms with Crippen molar-refractivity contribution < 1.29 is 9.90 Å². The highest BCUT2D eigenvalue weighted by atomic mass is 16.3. The Kier molecular flexibility index (Phi) is 6.99. The maximum atomic E-state index is 13.4. The molecule has 1 N–H and O–H groups in total. The summed E-state index contributed by atoms with van der Waals surface area (Å²) >= 11 is 0. The Balaban J connectivity index is 1.72. The SMILES string of the molecule is CCCc1ccc(N(C)C(=O)c2ccc3c(c2)c(C2CCC(O)CC2)cc(=O)n3CC)cc1. The van der Waals surface area contributed by atoms with Crippen LogP contribution >= 0.6 is 0 Å². The van der Waals surface area contributed by atoms with Crippen molar-refractivity contribution in [3.8, 4) is 0 Å². The van der Waals surface area contributed by atoms with Crippen LogP contribution in [0.5, 0.6) is 0 Å². The van der Waals surface area contributed by atoms with E-state index < -0.39 is 0 Å². The Hall–Kier alpha value is -2.92. The Morgan fingerprint density at radius 3 is 2.36 bits per heavy atom. The van der Waals surface area contributed by atoms with Crippen LogP contribution in [0, 0.1) is 0 Å². The number of aryl methyl sites for hydroxylation is 2. The zero-order chi connectivity index (χ0) is 23.5. The van der Waals surface area contributed by atoms with Crippen LogP contribution in [0.4, 0.5) is 5.69 Å². The van der Waals surface area contributed by atoms with Gasteiger partial charge in [-0.25, -0.2) is 0 Å². The quantitative estimate of drug-likeness (QED) is 0.561. The zero-order valence-corrected chi connectivity index (χ0v) is 19.9. The van der Waals surface area contributed by atoms with Crippen molar-refractivity contribution in [3.05, 3.63) is 75.6 Å². The number of anilines is 1. The van der Waals surface area contributed by atoms with Gasteiger partial charge in [0.2, 0.25) is 0 Å². The van der Waals surface area contributed by atoms with Gasteiger partial charge in [0.1, 0.15) is 0 Å². The normalized spacial score (nSPS) is 18.4. The van der Waals surface area contributed by atoms with E-state index in [0.717, 1.165) is 60.7 Å². The largest absolute Gasteiger partial charge is 0.393 e. The molecule has 5 heteroatoms. The van der Waals surface area contributed by atoms with Crippen molar-refractivity contribution >= 4 is 22.5 Å². The Labute approximate surface area is 195 Å². The Bertz CT molecular complexity index is 1190. The van der Waals surface area contributed by atoms with E-state index in [0.29, 0.717) is 12.1 Å². The summed E-state index contributed by atoms with van der Waals surface area (Å²) in [6, 6.07) is 15.6. The molecule has 0 spiro atoms. The van der Waals surface area contributed by atoms with Gasteiger partial charge in [-0.15, -0.1) is 0 Å². The van der Waals surface area contributed by atoms with Crippen molar-refractivity contribution in [1.82, 2.24) is 4.57 Å². The molecule has 0 unspecified atom stereocenters. The van der Waals surface area contributed by atoms with E-state index in [9.17, 15) is 14.7 Å². The first kappa shape index (κ1) is 23.2. The molecule has 1 heterocycles. The monoisotopic (exact) mass is 446 g/mol. The van der Waals surface area contributed by atoms with Crippen molar-refractivity contribution in [2.24, 2.45) is 0 Å². The third kappa shape index (κ3) is 4.74. The first-order chi connectivity index (χ1) is 15.9. The number of nitrogens with zero attached hydrogens (tertiary/aromatic N) is 2. The second kappa shape index (κ2) is 9.92. The molecule has 0 atom stereocenters. The highest BCUT2D eigenvalue weighted by molar-refractivity contribution is 6.07. The van der Waals surface area contributed by atoms with Crippen LogP contribution in [0.3, 0.4) is 0 Å².